The molecule has 5 heteroatoms. The van der Waals surface area contributed by atoms with Gasteiger partial charge in [0.05, 0.1) is 6.61 Å². The Morgan fingerprint density at radius 2 is 1.90 bits per heavy atom. The molecule has 0 heterocycles. The maximum atomic E-state index is 11.8. The van der Waals surface area contributed by atoms with Crippen molar-refractivity contribution in [1.29, 1.82) is 0 Å². The van der Waals surface area contributed by atoms with Crippen molar-refractivity contribution in [3.63, 3.8) is 0 Å². The largest absolute Gasteiger partial charge is 0.395 e. The number of nitrogens with one attached hydrogen (secondary N) is 2. The van der Waals surface area contributed by atoms with Gasteiger partial charge in [-0.2, -0.15) is 0 Å². The van der Waals surface area contributed by atoms with E-state index in [0.29, 0.717) is 12.1 Å². The molecule has 0 fully saturated rings. The fourth-order valence-electron chi connectivity index (χ4n) is 1.85. The fourth-order valence-corrected chi connectivity index (χ4v) is 2.11. The SMILES string of the molecule is O=C(NCCO)c1cccc(NCc2ccc(Br)cc2)c1. The van der Waals surface area contributed by atoms with E-state index in [4.69, 9.17) is 5.11 Å². The topological polar surface area (TPSA) is 61.4 Å². The molecule has 1 amide bonds. The van der Waals surface area contributed by atoms with Crippen LogP contribution in [0.2, 0.25) is 0 Å². The summed E-state index contributed by atoms with van der Waals surface area (Å²) in [6.45, 7) is 0.887. The molecular weight excluding hydrogens is 332 g/mol. The zero-order valence-corrected chi connectivity index (χ0v) is 13.1. The zero-order chi connectivity index (χ0) is 15.1. The Kier molecular flexibility index (Phi) is 5.78. The van der Waals surface area contributed by atoms with Crippen LogP contribution in [0.15, 0.2) is 53.0 Å². The number of rotatable bonds is 6. The second-order valence-corrected chi connectivity index (χ2v) is 5.46. The Labute approximate surface area is 132 Å². The summed E-state index contributed by atoms with van der Waals surface area (Å²) in [5.74, 6) is -0.184. The smallest absolute Gasteiger partial charge is 0.251 e. The molecule has 2 aromatic rings. The lowest BCUT2D eigenvalue weighted by atomic mass is 10.1. The third kappa shape index (κ3) is 4.88. The number of amides is 1. The molecule has 4 nitrogen and oxygen atoms in total. The number of hydrogen-bond donors (Lipinski definition) is 3. The Morgan fingerprint density at radius 1 is 1.14 bits per heavy atom. The van der Waals surface area contributed by atoms with E-state index < -0.39 is 0 Å². The lowest BCUT2D eigenvalue weighted by molar-refractivity contribution is 0.0945. The highest BCUT2D eigenvalue weighted by Crippen LogP contribution is 2.14. The van der Waals surface area contributed by atoms with Crippen molar-refractivity contribution >= 4 is 27.5 Å². The van der Waals surface area contributed by atoms with E-state index in [9.17, 15) is 4.79 Å². The summed E-state index contributed by atoms with van der Waals surface area (Å²) in [5.41, 5.74) is 2.62. The molecule has 0 atom stereocenters. The van der Waals surface area contributed by atoms with Gasteiger partial charge in [-0.15, -0.1) is 0 Å². The summed E-state index contributed by atoms with van der Waals surface area (Å²) < 4.78 is 1.05. The fraction of sp³-hybridized carbons (Fsp3) is 0.188. The summed E-state index contributed by atoms with van der Waals surface area (Å²) in [6.07, 6.45) is 0. The maximum absolute atomic E-state index is 11.8. The van der Waals surface area contributed by atoms with E-state index in [0.717, 1.165) is 15.7 Å². The molecule has 110 valence electrons. The molecule has 0 saturated carbocycles. The quantitative estimate of drug-likeness (QED) is 0.752. The van der Waals surface area contributed by atoms with Gasteiger partial charge in [-0.3, -0.25) is 4.79 Å². The normalized spacial score (nSPS) is 10.2. The summed E-state index contributed by atoms with van der Waals surface area (Å²) in [6, 6.07) is 15.4. The Hall–Kier alpha value is -1.85. The number of benzene rings is 2. The summed E-state index contributed by atoms with van der Waals surface area (Å²) in [7, 11) is 0. The Bertz CT molecular complexity index is 599. The van der Waals surface area contributed by atoms with Gasteiger partial charge in [0.15, 0.2) is 0 Å². The van der Waals surface area contributed by atoms with E-state index in [-0.39, 0.29) is 19.1 Å². The first-order valence-corrected chi connectivity index (χ1v) is 7.46. The summed E-state index contributed by atoms with van der Waals surface area (Å²) in [4.78, 5) is 11.8. The highest BCUT2D eigenvalue weighted by molar-refractivity contribution is 9.10. The van der Waals surface area contributed by atoms with Gasteiger partial charge in [0.25, 0.3) is 5.91 Å². The van der Waals surface area contributed by atoms with Crippen molar-refractivity contribution < 1.29 is 9.90 Å². The first-order valence-electron chi connectivity index (χ1n) is 6.66. The van der Waals surface area contributed by atoms with E-state index in [1.165, 1.54) is 0 Å². The maximum Gasteiger partial charge on any atom is 0.251 e. The zero-order valence-electron chi connectivity index (χ0n) is 11.5. The van der Waals surface area contributed by atoms with Crippen molar-refractivity contribution in [2.24, 2.45) is 0 Å². The van der Waals surface area contributed by atoms with Crippen molar-refractivity contribution in [2.75, 3.05) is 18.5 Å². The van der Waals surface area contributed by atoms with Gasteiger partial charge in [-0.25, -0.2) is 0 Å². The average Bonchev–Trinajstić information content (AvgIpc) is 2.52. The average molecular weight is 349 g/mol. The molecule has 0 aromatic heterocycles. The third-order valence-electron chi connectivity index (χ3n) is 2.93. The van der Waals surface area contributed by atoms with Gasteiger partial charge in [0.2, 0.25) is 0 Å². The number of carbonyl (C=O) groups is 1. The van der Waals surface area contributed by atoms with Gasteiger partial charge >= 0.3 is 0 Å². The van der Waals surface area contributed by atoms with Crippen LogP contribution in [-0.4, -0.2) is 24.2 Å². The van der Waals surface area contributed by atoms with Crippen molar-refractivity contribution in [3.8, 4) is 0 Å². The van der Waals surface area contributed by atoms with Crippen LogP contribution in [0, 0.1) is 0 Å². The van der Waals surface area contributed by atoms with Crippen LogP contribution >= 0.6 is 15.9 Å². The second-order valence-electron chi connectivity index (χ2n) is 4.54. The Morgan fingerprint density at radius 3 is 2.62 bits per heavy atom. The molecule has 3 N–H and O–H groups in total. The molecule has 21 heavy (non-hydrogen) atoms. The lowest BCUT2D eigenvalue weighted by Gasteiger charge is -2.09. The van der Waals surface area contributed by atoms with E-state index >= 15 is 0 Å². The molecule has 0 bridgehead atoms. The van der Waals surface area contributed by atoms with Gasteiger partial charge < -0.3 is 15.7 Å². The monoisotopic (exact) mass is 348 g/mol. The van der Waals surface area contributed by atoms with Crippen LogP contribution in [-0.2, 0) is 6.54 Å². The molecule has 0 aliphatic heterocycles. The molecule has 2 aromatic carbocycles. The van der Waals surface area contributed by atoms with E-state index in [1.54, 1.807) is 12.1 Å². The van der Waals surface area contributed by atoms with Crippen molar-refractivity contribution in [2.45, 2.75) is 6.54 Å². The summed E-state index contributed by atoms with van der Waals surface area (Å²) >= 11 is 3.40. The van der Waals surface area contributed by atoms with Gasteiger partial charge in [-0.1, -0.05) is 34.1 Å². The van der Waals surface area contributed by atoms with Crippen LogP contribution in [0.1, 0.15) is 15.9 Å². The van der Waals surface area contributed by atoms with Crippen molar-refractivity contribution in [1.82, 2.24) is 5.32 Å². The predicted octanol–water partition coefficient (Wildman–Crippen LogP) is 2.78. The number of aliphatic hydroxyl groups is 1. The van der Waals surface area contributed by atoms with E-state index in [1.807, 2.05) is 36.4 Å². The molecule has 0 aliphatic rings. The molecule has 0 radical (unpaired) electrons. The minimum absolute atomic E-state index is 0.0623. The highest BCUT2D eigenvalue weighted by atomic mass is 79.9. The number of carbonyl (C=O) groups excluding carboxylic acids is 1. The minimum atomic E-state index is -0.184. The standard InChI is InChI=1S/C16H17BrN2O2/c17-14-6-4-12(5-7-14)11-19-15-3-1-2-13(10-15)16(21)18-8-9-20/h1-7,10,19-20H,8-9,11H2,(H,18,21). The highest BCUT2D eigenvalue weighted by Gasteiger charge is 2.05. The number of aliphatic hydroxyl groups excluding tert-OH is 1. The molecule has 0 saturated heterocycles. The van der Waals surface area contributed by atoms with Crippen molar-refractivity contribution in [3.05, 3.63) is 64.1 Å². The number of hydrogen-bond acceptors (Lipinski definition) is 3. The number of halogens is 1. The van der Waals surface area contributed by atoms with Gasteiger partial charge in [0.1, 0.15) is 0 Å². The molecule has 0 aliphatic carbocycles. The van der Waals surface area contributed by atoms with Gasteiger partial charge in [-0.05, 0) is 35.9 Å². The molecule has 0 unspecified atom stereocenters. The van der Waals surface area contributed by atoms with E-state index in [2.05, 4.69) is 26.6 Å². The van der Waals surface area contributed by atoms with Crippen LogP contribution in [0.25, 0.3) is 0 Å². The first-order chi connectivity index (χ1) is 10.2. The third-order valence-corrected chi connectivity index (χ3v) is 3.46. The second kappa shape index (κ2) is 7.81. The molecule has 2 rings (SSSR count). The summed E-state index contributed by atoms with van der Waals surface area (Å²) in [5, 5.41) is 14.6. The minimum Gasteiger partial charge on any atom is -0.395 e. The lowest BCUT2D eigenvalue weighted by Crippen LogP contribution is -2.26. The Balaban J connectivity index is 1.97. The molecule has 0 spiro atoms. The first kappa shape index (κ1) is 15.5. The number of anilines is 1. The van der Waals surface area contributed by atoms with Crippen LogP contribution in [0.3, 0.4) is 0 Å². The van der Waals surface area contributed by atoms with Gasteiger partial charge in [0, 0.05) is 28.8 Å². The van der Waals surface area contributed by atoms with Crippen LogP contribution in [0.4, 0.5) is 5.69 Å². The molecular formula is C16H17BrN2O2. The van der Waals surface area contributed by atoms with Crippen LogP contribution < -0.4 is 10.6 Å². The van der Waals surface area contributed by atoms with Crippen LogP contribution in [0.5, 0.6) is 0 Å². The predicted molar refractivity (Wildman–Crippen MR) is 87.3 cm³/mol.